The van der Waals surface area contributed by atoms with E-state index in [2.05, 4.69) is 5.10 Å². The number of aromatic amines is 1. The van der Waals surface area contributed by atoms with E-state index in [9.17, 15) is 14.9 Å². The molecule has 0 bridgehead atoms. The van der Waals surface area contributed by atoms with Gasteiger partial charge in [0.1, 0.15) is 0 Å². The quantitative estimate of drug-likeness (QED) is 0.279. The average molecular weight is 180 g/mol. The fraction of sp³-hybridized carbons (Fsp3) is 0. The Balaban J connectivity index is 0. The molecule has 1 aromatic heterocycles. The second kappa shape index (κ2) is 4.19. The number of nitrogens with one attached hydrogen (secondary N) is 1. The van der Waals surface area contributed by atoms with Crippen LogP contribution in [0, 0.1) is 10.1 Å². The van der Waals surface area contributed by atoms with Crippen LogP contribution in [0.3, 0.4) is 0 Å². The first-order chi connectivity index (χ1) is 5.13. The summed E-state index contributed by atoms with van der Waals surface area (Å²) in [4.78, 5) is 19.8. The van der Waals surface area contributed by atoms with E-state index < -0.39 is 16.6 Å². The maximum Gasteiger partial charge on any atom is 1.00 e. The van der Waals surface area contributed by atoms with Crippen molar-refractivity contribution in [2.24, 2.45) is 5.73 Å². The Morgan fingerprint density at radius 3 is 2.75 bits per heavy atom. The van der Waals surface area contributed by atoms with Crippen LogP contribution in [-0.2, 0) is 0 Å². The predicted octanol–water partition coefficient (Wildman–Crippen LogP) is -3.47. The largest absolute Gasteiger partial charge is 1.00 e. The molecule has 0 fully saturated rings. The Hall–Kier alpha value is -0.920. The van der Waals surface area contributed by atoms with Crippen molar-refractivity contribution in [1.29, 1.82) is 0 Å². The summed E-state index contributed by atoms with van der Waals surface area (Å²) in [5.41, 5.74) is 4.58. The predicted molar refractivity (Wildman–Crippen MR) is 34.9 cm³/mol. The summed E-state index contributed by atoms with van der Waals surface area (Å²) in [5, 5.41) is 15.4. The number of amides is 1. The Morgan fingerprint density at radius 1 is 1.83 bits per heavy atom. The Labute approximate surface area is 90.2 Å². The van der Waals surface area contributed by atoms with Crippen LogP contribution in [-0.4, -0.2) is 21.0 Å². The molecule has 3 N–H and O–H groups in total. The van der Waals surface area contributed by atoms with E-state index in [-0.39, 0.29) is 36.5 Å². The Morgan fingerprint density at radius 2 is 2.42 bits per heavy atom. The van der Waals surface area contributed by atoms with Crippen LogP contribution in [0.4, 0.5) is 5.82 Å². The van der Waals surface area contributed by atoms with Crippen LogP contribution in [0.5, 0.6) is 0 Å². The van der Waals surface area contributed by atoms with Crippen LogP contribution >= 0.6 is 0 Å². The maximum absolute atomic E-state index is 10.4. The van der Waals surface area contributed by atoms with Gasteiger partial charge in [-0.05, 0) is 4.92 Å². The number of H-pyrrole nitrogens is 1. The summed E-state index contributed by atoms with van der Waals surface area (Å²) in [7, 11) is 0. The van der Waals surface area contributed by atoms with Crippen LogP contribution in [0.25, 0.3) is 0 Å². The molecule has 0 saturated carbocycles. The minimum Gasteiger partial charge on any atom is -1.00 e. The minimum absolute atomic E-state index is 0. The van der Waals surface area contributed by atoms with Crippen LogP contribution in [0.15, 0.2) is 6.20 Å². The number of aromatic nitrogens is 2. The number of hydrogen-bond donors (Lipinski definition) is 2. The maximum atomic E-state index is 10.4. The zero-order chi connectivity index (χ0) is 8.43. The monoisotopic (exact) mass is 180 g/mol. The van der Waals surface area contributed by atoms with E-state index in [0.717, 1.165) is 6.20 Å². The molecule has 0 spiro atoms. The third-order valence-electron chi connectivity index (χ3n) is 1.07. The van der Waals surface area contributed by atoms with Crippen molar-refractivity contribution in [2.75, 3.05) is 0 Å². The molecule has 0 unspecified atom stereocenters. The second-order valence-electron chi connectivity index (χ2n) is 1.75. The molecule has 7 nitrogen and oxygen atoms in total. The molecule has 1 rings (SSSR count). The first-order valence-electron chi connectivity index (χ1n) is 2.60. The molecule has 1 aromatic rings. The van der Waals surface area contributed by atoms with Crippen molar-refractivity contribution < 1.29 is 40.7 Å². The van der Waals surface area contributed by atoms with E-state index in [4.69, 9.17) is 5.73 Å². The first kappa shape index (κ1) is 11.1. The van der Waals surface area contributed by atoms with Crippen molar-refractivity contribution in [3.05, 3.63) is 21.9 Å². The number of nitrogens with zero attached hydrogens (tertiary/aromatic N) is 2. The van der Waals surface area contributed by atoms with Crippen molar-refractivity contribution in [3.63, 3.8) is 0 Å². The third-order valence-corrected chi connectivity index (χ3v) is 1.07. The van der Waals surface area contributed by atoms with Gasteiger partial charge in [-0.3, -0.25) is 4.79 Å². The number of carbonyl (C=O) groups is 1. The number of carbonyl (C=O) groups excluding carboxylic acids is 1. The van der Waals surface area contributed by atoms with E-state index in [1.807, 2.05) is 5.10 Å². The topological polar surface area (TPSA) is 115 Å². The number of nitro groups is 1. The average Bonchev–Trinajstić information content (AvgIpc) is 2.32. The van der Waals surface area contributed by atoms with Gasteiger partial charge in [-0.2, -0.15) is 0 Å². The molecule has 0 aliphatic heterocycles. The fourth-order valence-corrected chi connectivity index (χ4v) is 0.599. The van der Waals surface area contributed by atoms with Gasteiger partial charge in [-0.25, -0.2) is 0 Å². The molecular formula is C4H5N4NaO3. The van der Waals surface area contributed by atoms with E-state index in [1.54, 1.807) is 0 Å². The van der Waals surface area contributed by atoms with Crippen molar-refractivity contribution in [1.82, 2.24) is 10.2 Å². The summed E-state index contributed by atoms with van der Waals surface area (Å²) < 4.78 is 0. The normalized spacial score (nSPS) is 8.67. The smallest absolute Gasteiger partial charge is 1.00 e. The molecule has 12 heavy (non-hydrogen) atoms. The molecule has 0 atom stereocenters. The van der Waals surface area contributed by atoms with Gasteiger partial charge in [0.25, 0.3) is 5.91 Å². The van der Waals surface area contributed by atoms with Gasteiger partial charge in [-0.1, -0.05) is 5.10 Å². The van der Waals surface area contributed by atoms with Gasteiger partial charge in [0.2, 0.25) is 0 Å². The molecule has 0 radical (unpaired) electrons. The van der Waals surface area contributed by atoms with Crippen molar-refractivity contribution >= 4 is 11.7 Å². The van der Waals surface area contributed by atoms with Gasteiger partial charge in [0.15, 0.2) is 5.56 Å². The fourth-order valence-electron chi connectivity index (χ4n) is 0.599. The van der Waals surface area contributed by atoms with Crippen LogP contribution < -0.4 is 35.3 Å². The first-order valence-corrected chi connectivity index (χ1v) is 2.60. The zero-order valence-electron chi connectivity index (χ0n) is 7.27. The Bertz CT molecular complexity index is 286. The molecule has 1 heterocycles. The molecule has 60 valence electrons. The molecule has 0 aliphatic carbocycles. The van der Waals surface area contributed by atoms with Gasteiger partial charge in [-0.15, -0.1) is 5.10 Å². The number of rotatable bonds is 2. The summed E-state index contributed by atoms with van der Waals surface area (Å²) in [6.07, 6.45) is 1.01. The SMILES string of the molecule is NC(=O)c1cn[nH]c1[N+](=O)[O-].[H-].[Na+]. The van der Waals surface area contributed by atoms with Crippen molar-refractivity contribution in [3.8, 4) is 0 Å². The number of nitrogens with two attached hydrogens (primary N) is 1. The van der Waals surface area contributed by atoms with Crippen molar-refractivity contribution in [2.45, 2.75) is 0 Å². The summed E-state index contributed by atoms with van der Waals surface area (Å²) in [6.45, 7) is 0. The molecule has 0 aromatic carbocycles. The summed E-state index contributed by atoms with van der Waals surface area (Å²) in [5.74, 6) is -1.34. The van der Waals surface area contributed by atoms with Gasteiger partial charge in [0, 0.05) is 0 Å². The standard InChI is InChI=1S/C4H4N4O3.Na.H/c5-3(9)2-1-6-7-4(2)8(10)11;;/h1H,(H2,5,9)(H,6,7);;/q;+1;-1. The minimum atomic E-state index is -0.870. The summed E-state index contributed by atoms with van der Waals surface area (Å²) in [6, 6.07) is 0. The van der Waals surface area contributed by atoms with E-state index in [0.29, 0.717) is 0 Å². The number of primary amides is 1. The van der Waals surface area contributed by atoms with Gasteiger partial charge < -0.3 is 17.3 Å². The Kier molecular flexibility index (Phi) is 3.87. The van der Waals surface area contributed by atoms with E-state index >= 15 is 0 Å². The molecule has 8 heteroatoms. The van der Waals surface area contributed by atoms with Crippen LogP contribution in [0.1, 0.15) is 11.8 Å². The van der Waals surface area contributed by atoms with Gasteiger partial charge >= 0.3 is 35.4 Å². The molecular weight excluding hydrogens is 175 g/mol. The van der Waals surface area contributed by atoms with Gasteiger partial charge in [0.05, 0.1) is 6.20 Å². The number of hydrogen-bond acceptors (Lipinski definition) is 4. The molecule has 0 aliphatic rings. The van der Waals surface area contributed by atoms with Crippen LogP contribution in [0.2, 0.25) is 0 Å². The second-order valence-corrected chi connectivity index (χ2v) is 1.75. The zero-order valence-corrected chi connectivity index (χ0v) is 8.27. The molecule has 1 amide bonds. The third kappa shape index (κ3) is 2.03. The van der Waals surface area contributed by atoms with E-state index in [1.165, 1.54) is 0 Å². The summed E-state index contributed by atoms with van der Waals surface area (Å²) >= 11 is 0. The molecule has 0 saturated heterocycles.